The zero-order chi connectivity index (χ0) is 17.3. The Balaban J connectivity index is 2.71. The van der Waals surface area contributed by atoms with Gasteiger partial charge in [-0.25, -0.2) is 12.8 Å². The second-order valence-electron chi connectivity index (χ2n) is 4.47. The van der Waals surface area contributed by atoms with Gasteiger partial charge < -0.3 is 0 Å². The highest BCUT2D eigenvalue weighted by Gasteiger charge is 2.42. The second kappa shape index (κ2) is 6.11. The Kier molecular flexibility index (Phi) is 4.56. The first kappa shape index (κ1) is 17.1. The van der Waals surface area contributed by atoms with Crippen molar-refractivity contribution in [2.75, 3.05) is 0 Å². The van der Waals surface area contributed by atoms with E-state index in [0.29, 0.717) is 24.3 Å². The molecule has 0 fully saturated rings. The second-order valence-corrected chi connectivity index (χ2v) is 6.31. The lowest BCUT2D eigenvalue weighted by Gasteiger charge is -2.14. The zero-order valence-electron chi connectivity index (χ0n) is 11.3. The Bertz CT molecular complexity index is 822. The minimum Gasteiger partial charge on any atom is -0.216 e. The molecule has 122 valence electrons. The molecule has 0 N–H and O–H groups in total. The molecule has 0 aromatic heterocycles. The van der Waals surface area contributed by atoms with Gasteiger partial charge in [0.2, 0.25) is 15.0 Å². The molecular weight excluding hydrogens is 339 g/mol. The van der Waals surface area contributed by atoms with Gasteiger partial charge in [-0.2, -0.15) is 17.6 Å². The Morgan fingerprint density at radius 3 is 1.87 bits per heavy atom. The van der Waals surface area contributed by atoms with E-state index in [4.69, 9.17) is 0 Å². The van der Waals surface area contributed by atoms with Crippen molar-refractivity contribution in [3.8, 4) is 0 Å². The molecule has 2 aromatic carbocycles. The van der Waals surface area contributed by atoms with Crippen LogP contribution >= 0.6 is 0 Å². The van der Waals surface area contributed by atoms with Gasteiger partial charge in [0.15, 0.2) is 0 Å². The van der Waals surface area contributed by atoms with E-state index in [1.165, 1.54) is 18.2 Å². The average molecular weight is 348 g/mol. The third-order valence-electron chi connectivity index (χ3n) is 2.90. The minimum atomic E-state index is -5.27. The molecule has 0 bridgehead atoms. The molecule has 0 aliphatic carbocycles. The van der Waals surface area contributed by atoms with Gasteiger partial charge in [-0.15, -0.1) is 0 Å². The summed E-state index contributed by atoms with van der Waals surface area (Å²) >= 11 is 0. The van der Waals surface area contributed by atoms with Crippen molar-refractivity contribution < 1.29 is 30.4 Å². The van der Waals surface area contributed by atoms with Crippen LogP contribution in [0.4, 0.5) is 22.0 Å². The fraction of sp³-hybridized carbons (Fsp3) is 0.0667. The van der Waals surface area contributed by atoms with Crippen molar-refractivity contribution >= 4 is 15.4 Å². The summed E-state index contributed by atoms with van der Waals surface area (Å²) in [5.74, 6) is -0.832. The summed E-state index contributed by atoms with van der Waals surface area (Å²) in [6.45, 7) is 0. The van der Waals surface area contributed by atoms with Gasteiger partial charge in [0, 0.05) is 0 Å². The predicted molar refractivity (Wildman–Crippen MR) is 74.1 cm³/mol. The third kappa shape index (κ3) is 3.58. The quantitative estimate of drug-likeness (QED) is 0.766. The summed E-state index contributed by atoms with van der Waals surface area (Å²) in [7, 11) is -4.98. The first-order chi connectivity index (χ1) is 10.6. The van der Waals surface area contributed by atoms with Crippen LogP contribution in [0.1, 0.15) is 5.56 Å². The summed E-state index contributed by atoms with van der Waals surface area (Å²) in [4.78, 5) is -0.610. The smallest absolute Gasteiger partial charge is 0.216 e. The highest BCUT2D eigenvalue weighted by atomic mass is 32.2. The number of rotatable bonds is 3. The maximum Gasteiger partial charge on any atom is 0.420 e. The Morgan fingerprint density at radius 1 is 0.870 bits per heavy atom. The molecule has 23 heavy (non-hydrogen) atoms. The lowest BCUT2D eigenvalue weighted by atomic mass is 10.1. The van der Waals surface area contributed by atoms with Crippen LogP contribution < -0.4 is 0 Å². The van der Waals surface area contributed by atoms with Crippen LogP contribution in [0.2, 0.25) is 0 Å². The van der Waals surface area contributed by atoms with Crippen molar-refractivity contribution in [2.45, 2.75) is 11.1 Å². The standard InChI is InChI=1S/C15H9F5O2S/c16-11-8-6-10(7-9-11)13(15(18,19)20)14(17)23(21,22)12-4-2-1-3-5-12/h1-9H/b14-13-. The molecule has 0 spiro atoms. The first-order valence-electron chi connectivity index (χ1n) is 6.17. The van der Waals surface area contributed by atoms with Crippen LogP contribution in [0, 0.1) is 5.82 Å². The van der Waals surface area contributed by atoms with Gasteiger partial charge in [0.05, 0.1) is 4.90 Å². The van der Waals surface area contributed by atoms with Crippen LogP contribution in [0.5, 0.6) is 0 Å². The lowest BCUT2D eigenvalue weighted by Crippen LogP contribution is -2.16. The first-order valence-corrected chi connectivity index (χ1v) is 7.65. The maximum absolute atomic E-state index is 14.3. The Labute approximate surface area is 128 Å². The Morgan fingerprint density at radius 2 is 1.39 bits per heavy atom. The van der Waals surface area contributed by atoms with E-state index < -0.39 is 43.0 Å². The van der Waals surface area contributed by atoms with Gasteiger partial charge in [-0.3, -0.25) is 0 Å². The molecule has 2 nitrogen and oxygen atoms in total. The van der Waals surface area contributed by atoms with Crippen molar-refractivity contribution in [1.82, 2.24) is 0 Å². The fourth-order valence-corrected chi connectivity index (χ4v) is 3.07. The van der Waals surface area contributed by atoms with E-state index in [1.807, 2.05) is 0 Å². The molecule has 0 heterocycles. The topological polar surface area (TPSA) is 34.1 Å². The van der Waals surface area contributed by atoms with Gasteiger partial charge >= 0.3 is 6.18 Å². The van der Waals surface area contributed by atoms with Crippen LogP contribution in [-0.2, 0) is 9.84 Å². The molecule has 0 saturated carbocycles. The van der Waals surface area contributed by atoms with Crippen molar-refractivity contribution in [2.24, 2.45) is 0 Å². The fourth-order valence-electron chi connectivity index (χ4n) is 1.84. The van der Waals surface area contributed by atoms with E-state index in [1.54, 1.807) is 0 Å². The van der Waals surface area contributed by atoms with Crippen LogP contribution in [0.25, 0.3) is 5.57 Å². The molecule has 0 unspecified atom stereocenters. The number of halogens is 5. The monoisotopic (exact) mass is 348 g/mol. The molecule has 0 saturated heterocycles. The molecular formula is C15H9F5O2S. The van der Waals surface area contributed by atoms with Crippen molar-refractivity contribution in [1.29, 1.82) is 0 Å². The number of hydrogen-bond acceptors (Lipinski definition) is 2. The highest BCUT2D eigenvalue weighted by molar-refractivity contribution is 7.95. The summed E-state index contributed by atoms with van der Waals surface area (Å²) in [6.07, 6.45) is -5.27. The molecule has 8 heteroatoms. The molecule has 0 radical (unpaired) electrons. The zero-order valence-corrected chi connectivity index (χ0v) is 12.1. The van der Waals surface area contributed by atoms with Crippen molar-refractivity contribution in [3.63, 3.8) is 0 Å². The van der Waals surface area contributed by atoms with Gasteiger partial charge in [0.1, 0.15) is 11.4 Å². The normalized spacial score (nSPS) is 13.6. The molecule has 0 atom stereocenters. The number of benzene rings is 2. The largest absolute Gasteiger partial charge is 0.420 e. The number of sulfone groups is 1. The SMILES string of the molecule is O=S(=O)(/C(F)=C(/c1ccc(F)cc1)C(F)(F)F)c1ccccc1. The van der Waals surface area contributed by atoms with E-state index in [-0.39, 0.29) is 0 Å². The maximum atomic E-state index is 14.3. The Hall–Kier alpha value is -2.22. The third-order valence-corrected chi connectivity index (χ3v) is 4.47. The van der Waals surface area contributed by atoms with Crippen molar-refractivity contribution in [3.05, 3.63) is 71.1 Å². The van der Waals surface area contributed by atoms with E-state index in [0.717, 1.165) is 12.1 Å². The molecule has 0 aliphatic rings. The lowest BCUT2D eigenvalue weighted by molar-refractivity contribution is -0.0697. The van der Waals surface area contributed by atoms with Crippen LogP contribution in [-0.4, -0.2) is 14.6 Å². The minimum absolute atomic E-state index is 0.610. The van der Waals surface area contributed by atoms with E-state index in [9.17, 15) is 30.4 Å². The average Bonchev–Trinajstić information content (AvgIpc) is 2.49. The van der Waals surface area contributed by atoms with Gasteiger partial charge in [0.25, 0.3) is 0 Å². The number of hydrogen-bond donors (Lipinski definition) is 0. The summed E-state index contributed by atoms with van der Waals surface area (Å²) in [5, 5.41) is -2.33. The van der Waals surface area contributed by atoms with Crippen LogP contribution in [0.15, 0.2) is 64.7 Å². The molecule has 0 aliphatic heterocycles. The summed E-state index contributed by atoms with van der Waals surface area (Å²) < 4.78 is 90.7. The highest BCUT2D eigenvalue weighted by Crippen LogP contribution is 2.40. The van der Waals surface area contributed by atoms with Gasteiger partial charge in [-0.1, -0.05) is 30.3 Å². The number of alkyl halides is 3. The van der Waals surface area contributed by atoms with E-state index in [2.05, 4.69) is 0 Å². The summed E-state index contributed by atoms with van der Waals surface area (Å²) in [6, 6.07) is 8.60. The summed E-state index contributed by atoms with van der Waals surface area (Å²) in [5.41, 5.74) is -2.75. The van der Waals surface area contributed by atoms with Gasteiger partial charge in [-0.05, 0) is 29.8 Å². The molecule has 2 rings (SSSR count). The van der Waals surface area contributed by atoms with Crippen LogP contribution in [0.3, 0.4) is 0 Å². The van der Waals surface area contributed by atoms with E-state index >= 15 is 0 Å². The molecule has 2 aromatic rings. The molecule has 0 amide bonds. The number of allylic oxidation sites excluding steroid dienone is 1. The predicted octanol–water partition coefficient (Wildman–Crippen LogP) is 4.50.